The van der Waals surface area contributed by atoms with Crippen molar-refractivity contribution in [3.63, 3.8) is 0 Å². The monoisotopic (exact) mass is 403 g/mol. The van der Waals surface area contributed by atoms with E-state index >= 15 is 0 Å². The molecule has 30 heavy (non-hydrogen) atoms. The molecule has 0 unspecified atom stereocenters. The predicted octanol–water partition coefficient (Wildman–Crippen LogP) is 3.12. The molecular formula is C24H29N5O. The van der Waals surface area contributed by atoms with Crippen molar-refractivity contribution >= 4 is 11.6 Å². The number of carbonyl (C=O) groups excluding carboxylic acids is 1. The van der Waals surface area contributed by atoms with E-state index in [1.165, 1.54) is 5.69 Å². The second kappa shape index (κ2) is 9.59. The minimum absolute atomic E-state index is 0.110. The molecule has 0 atom stereocenters. The Kier molecular flexibility index (Phi) is 6.44. The fourth-order valence-corrected chi connectivity index (χ4v) is 3.88. The van der Waals surface area contributed by atoms with Crippen molar-refractivity contribution in [1.82, 2.24) is 20.0 Å². The summed E-state index contributed by atoms with van der Waals surface area (Å²) in [6, 6.07) is 22.3. The summed E-state index contributed by atoms with van der Waals surface area (Å²) >= 11 is 0. The molecule has 3 aromatic rings. The molecule has 1 aliphatic rings. The van der Waals surface area contributed by atoms with Gasteiger partial charge in [-0.05, 0) is 50.2 Å². The molecule has 1 aromatic heterocycles. The molecule has 6 heteroatoms. The molecule has 0 aliphatic carbocycles. The van der Waals surface area contributed by atoms with Crippen LogP contribution in [0.2, 0.25) is 0 Å². The van der Waals surface area contributed by atoms with Gasteiger partial charge in [0.1, 0.15) is 0 Å². The lowest BCUT2D eigenvalue weighted by Crippen LogP contribution is -2.47. The summed E-state index contributed by atoms with van der Waals surface area (Å²) in [6.07, 6.45) is 0.940. The van der Waals surface area contributed by atoms with Crippen molar-refractivity contribution in [3.05, 3.63) is 78.1 Å². The van der Waals surface area contributed by atoms with Crippen LogP contribution >= 0.6 is 0 Å². The first-order valence-electron chi connectivity index (χ1n) is 10.6. The fourth-order valence-electron chi connectivity index (χ4n) is 3.88. The lowest BCUT2D eigenvalue weighted by molar-refractivity contribution is 0.0946. The van der Waals surface area contributed by atoms with Crippen LogP contribution in [0, 0.1) is 6.92 Å². The van der Waals surface area contributed by atoms with Crippen LogP contribution in [0.15, 0.2) is 66.7 Å². The van der Waals surface area contributed by atoms with E-state index in [0.717, 1.165) is 50.5 Å². The van der Waals surface area contributed by atoms with Gasteiger partial charge >= 0.3 is 0 Å². The molecule has 1 N–H and O–H groups in total. The van der Waals surface area contributed by atoms with Gasteiger partial charge in [-0.1, -0.05) is 36.4 Å². The minimum Gasteiger partial charge on any atom is -0.369 e. The van der Waals surface area contributed by atoms with E-state index < -0.39 is 0 Å². The standard InChI is InChI=1S/C24H29N5O/c1-20-19-23(26-29(20)22-11-6-3-7-12-22)24(30)25-13-8-14-27-15-17-28(18-16-27)21-9-4-2-5-10-21/h2-7,9-12,19H,8,13-18H2,1H3,(H,25,30). The van der Waals surface area contributed by atoms with Gasteiger partial charge in [-0.15, -0.1) is 0 Å². The van der Waals surface area contributed by atoms with Crippen LogP contribution in [0.5, 0.6) is 0 Å². The molecule has 1 aliphatic heterocycles. The highest BCUT2D eigenvalue weighted by Crippen LogP contribution is 2.15. The maximum atomic E-state index is 12.5. The van der Waals surface area contributed by atoms with Crippen molar-refractivity contribution in [3.8, 4) is 5.69 Å². The predicted molar refractivity (Wildman–Crippen MR) is 120 cm³/mol. The van der Waals surface area contributed by atoms with E-state index in [-0.39, 0.29) is 5.91 Å². The van der Waals surface area contributed by atoms with E-state index in [4.69, 9.17) is 0 Å². The molecule has 0 radical (unpaired) electrons. The van der Waals surface area contributed by atoms with Crippen molar-refractivity contribution in [1.29, 1.82) is 0 Å². The van der Waals surface area contributed by atoms with Crippen LogP contribution in [-0.4, -0.2) is 59.9 Å². The third kappa shape index (κ3) is 4.89. The first-order chi connectivity index (χ1) is 14.7. The van der Waals surface area contributed by atoms with Gasteiger partial charge in [0, 0.05) is 44.1 Å². The van der Waals surface area contributed by atoms with E-state index in [1.54, 1.807) is 4.68 Å². The zero-order chi connectivity index (χ0) is 20.8. The van der Waals surface area contributed by atoms with Crippen molar-refractivity contribution in [2.24, 2.45) is 0 Å². The second-order valence-corrected chi connectivity index (χ2v) is 7.69. The largest absolute Gasteiger partial charge is 0.369 e. The highest BCUT2D eigenvalue weighted by Gasteiger charge is 2.17. The number of nitrogens with zero attached hydrogens (tertiary/aromatic N) is 4. The van der Waals surface area contributed by atoms with E-state index in [2.05, 4.69) is 50.5 Å². The van der Waals surface area contributed by atoms with Crippen molar-refractivity contribution in [2.75, 3.05) is 44.2 Å². The average Bonchev–Trinajstić information content (AvgIpc) is 3.20. The molecule has 0 saturated carbocycles. The number of aryl methyl sites for hydroxylation is 1. The van der Waals surface area contributed by atoms with Gasteiger partial charge < -0.3 is 10.2 Å². The van der Waals surface area contributed by atoms with Crippen molar-refractivity contribution < 1.29 is 4.79 Å². The van der Waals surface area contributed by atoms with E-state index in [9.17, 15) is 4.79 Å². The number of amides is 1. The summed E-state index contributed by atoms with van der Waals surface area (Å²) < 4.78 is 1.81. The highest BCUT2D eigenvalue weighted by molar-refractivity contribution is 5.92. The van der Waals surface area contributed by atoms with Crippen LogP contribution in [0.25, 0.3) is 5.69 Å². The Bertz CT molecular complexity index is 946. The van der Waals surface area contributed by atoms with Gasteiger partial charge in [0.05, 0.1) is 5.69 Å². The maximum absolute atomic E-state index is 12.5. The molecular weight excluding hydrogens is 374 g/mol. The Balaban J connectivity index is 1.20. The number of piperazine rings is 1. The lowest BCUT2D eigenvalue weighted by Gasteiger charge is -2.36. The molecule has 1 amide bonds. The topological polar surface area (TPSA) is 53.4 Å². The van der Waals surface area contributed by atoms with Crippen LogP contribution in [0.3, 0.4) is 0 Å². The van der Waals surface area contributed by atoms with E-state index in [0.29, 0.717) is 12.2 Å². The number of carbonyl (C=O) groups is 1. The number of anilines is 1. The number of nitrogens with one attached hydrogen (secondary N) is 1. The molecule has 0 spiro atoms. The molecule has 1 saturated heterocycles. The first kappa shape index (κ1) is 20.2. The Morgan fingerprint density at radius 2 is 1.57 bits per heavy atom. The fraction of sp³-hybridized carbons (Fsp3) is 0.333. The summed E-state index contributed by atoms with van der Waals surface area (Å²) in [4.78, 5) is 17.4. The molecule has 6 nitrogen and oxygen atoms in total. The quantitative estimate of drug-likeness (QED) is 0.616. The first-order valence-corrected chi connectivity index (χ1v) is 10.6. The van der Waals surface area contributed by atoms with Gasteiger partial charge in [-0.3, -0.25) is 9.69 Å². The molecule has 2 heterocycles. The van der Waals surface area contributed by atoms with Crippen LogP contribution in [0.1, 0.15) is 22.6 Å². The van der Waals surface area contributed by atoms with Gasteiger partial charge in [-0.25, -0.2) is 4.68 Å². The van der Waals surface area contributed by atoms with Gasteiger partial charge in [0.15, 0.2) is 5.69 Å². The zero-order valence-corrected chi connectivity index (χ0v) is 17.5. The van der Waals surface area contributed by atoms with Gasteiger partial charge in [-0.2, -0.15) is 5.10 Å². The van der Waals surface area contributed by atoms with Crippen LogP contribution < -0.4 is 10.2 Å². The van der Waals surface area contributed by atoms with Crippen LogP contribution in [-0.2, 0) is 0 Å². The Labute approximate surface area is 178 Å². The number of hydrogen-bond donors (Lipinski definition) is 1. The maximum Gasteiger partial charge on any atom is 0.271 e. The zero-order valence-electron chi connectivity index (χ0n) is 17.5. The third-order valence-electron chi connectivity index (χ3n) is 5.55. The smallest absolute Gasteiger partial charge is 0.271 e. The number of aromatic nitrogens is 2. The van der Waals surface area contributed by atoms with Gasteiger partial charge in [0.2, 0.25) is 0 Å². The summed E-state index contributed by atoms with van der Waals surface area (Å²) in [5.41, 5.74) is 3.67. The molecule has 4 rings (SSSR count). The third-order valence-corrected chi connectivity index (χ3v) is 5.55. The summed E-state index contributed by atoms with van der Waals surface area (Å²) in [7, 11) is 0. The summed E-state index contributed by atoms with van der Waals surface area (Å²) in [5, 5.41) is 7.49. The van der Waals surface area contributed by atoms with Gasteiger partial charge in [0.25, 0.3) is 5.91 Å². The summed E-state index contributed by atoms with van der Waals surface area (Å²) in [5.74, 6) is -0.110. The van der Waals surface area contributed by atoms with E-state index in [1.807, 2.05) is 43.3 Å². The minimum atomic E-state index is -0.110. The molecule has 156 valence electrons. The summed E-state index contributed by atoms with van der Waals surface area (Å²) in [6.45, 7) is 7.84. The molecule has 2 aromatic carbocycles. The molecule has 0 bridgehead atoms. The SMILES string of the molecule is Cc1cc(C(=O)NCCCN2CCN(c3ccccc3)CC2)nn1-c1ccccc1. The normalized spacial score (nSPS) is 14.6. The van der Waals surface area contributed by atoms with Crippen molar-refractivity contribution in [2.45, 2.75) is 13.3 Å². The number of hydrogen-bond acceptors (Lipinski definition) is 4. The number of para-hydroxylation sites is 2. The highest BCUT2D eigenvalue weighted by atomic mass is 16.1. The Morgan fingerprint density at radius 3 is 2.23 bits per heavy atom. The average molecular weight is 404 g/mol. The lowest BCUT2D eigenvalue weighted by atomic mass is 10.2. The van der Waals surface area contributed by atoms with Crippen LogP contribution in [0.4, 0.5) is 5.69 Å². The number of benzene rings is 2. The Morgan fingerprint density at radius 1 is 0.933 bits per heavy atom. The molecule has 1 fully saturated rings. The number of rotatable bonds is 7. The Hall–Kier alpha value is -3.12. The second-order valence-electron chi connectivity index (χ2n) is 7.69.